The third-order valence-electron chi connectivity index (χ3n) is 6.40. The van der Waals surface area contributed by atoms with Crippen molar-refractivity contribution in [2.45, 2.75) is 32.8 Å². The topological polar surface area (TPSA) is 80.0 Å². The quantitative estimate of drug-likeness (QED) is 0.470. The summed E-state index contributed by atoms with van der Waals surface area (Å²) in [5, 5.41) is 5.72. The van der Waals surface area contributed by atoms with E-state index in [4.69, 9.17) is 14.8 Å². The standard InChI is InChI=1S/C26H27N5O3/c1-16-18(17(2)31-25(27-16)19-9-5-6-10-20(19)28-31)13-14-24(32)30-15-23(26(33)29(3)4)34-22-12-8-7-11-21(22)30/h5-12,23H,13-15H2,1-4H3/t23-/m0/s1. The molecule has 4 aromatic rings. The molecule has 1 aliphatic heterocycles. The molecule has 174 valence electrons. The first kappa shape index (κ1) is 21.9. The molecule has 0 fully saturated rings. The maximum absolute atomic E-state index is 13.4. The van der Waals surface area contributed by atoms with Crippen LogP contribution in [0.3, 0.4) is 0 Å². The summed E-state index contributed by atoms with van der Waals surface area (Å²) in [7, 11) is 3.37. The number of carbonyl (C=O) groups excluding carboxylic acids is 2. The third kappa shape index (κ3) is 3.65. The highest BCUT2D eigenvalue weighted by Gasteiger charge is 2.34. The van der Waals surface area contributed by atoms with Crippen molar-refractivity contribution in [2.24, 2.45) is 0 Å². The van der Waals surface area contributed by atoms with Crippen LogP contribution in [0, 0.1) is 13.8 Å². The number of aromatic nitrogens is 3. The van der Waals surface area contributed by atoms with Gasteiger partial charge in [0.15, 0.2) is 11.8 Å². The number of anilines is 1. The largest absolute Gasteiger partial charge is 0.476 e. The first-order valence-electron chi connectivity index (χ1n) is 11.4. The molecule has 0 radical (unpaired) electrons. The summed E-state index contributed by atoms with van der Waals surface area (Å²) in [6.07, 6.45) is 0.0840. The summed E-state index contributed by atoms with van der Waals surface area (Å²) >= 11 is 0. The average Bonchev–Trinajstić information content (AvgIpc) is 3.21. The fourth-order valence-electron chi connectivity index (χ4n) is 4.59. The normalized spacial score (nSPS) is 15.3. The Kier molecular flexibility index (Phi) is 5.43. The minimum absolute atomic E-state index is 0.0585. The molecule has 0 unspecified atom stereocenters. The molecule has 34 heavy (non-hydrogen) atoms. The first-order chi connectivity index (χ1) is 16.3. The van der Waals surface area contributed by atoms with Gasteiger partial charge in [-0.15, -0.1) is 0 Å². The Bertz CT molecular complexity index is 1430. The van der Waals surface area contributed by atoms with Gasteiger partial charge >= 0.3 is 0 Å². The van der Waals surface area contributed by atoms with Gasteiger partial charge in [-0.3, -0.25) is 9.59 Å². The highest BCUT2D eigenvalue weighted by molar-refractivity contribution is 5.97. The van der Waals surface area contributed by atoms with Crippen molar-refractivity contribution >= 4 is 34.1 Å². The van der Waals surface area contributed by atoms with E-state index in [0.29, 0.717) is 17.9 Å². The fraction of sp³-hybridized carbons (Fsp3) is 0.308. The summed E-state index contributed by atoms with van der Waals surface area (Å²) in [6.45, 7) is 4.18. The number of amides is 2. The van der Waals surface area contributed by atoms with Crippen LogP contribution in [0.1, 0.15) is 23.4 Å². The highest BCUT2D eigenvalue weighted by Crippen LogP contribution is 2.34. The second kappa shape index (κ2) is 8.44. The summed E-state index contributed by atoms with van der Waals surface area (Å²) in [5.74, 6) is 0.317. The van der Waals surface area contributed by atoms with E-state index in [9.17, 15) is 9.59 Å². The van der Waals surface area contributed by atoms with E-state index >= 15 is 0 Å². The van der Waals surface area contributed by atoms with Crippen LogP contribution in [0.25, 0.3) is 16.6 Å². The van der Waals surface area contributed by atoms with Gasteiger partial charge in [-0.2, -0.15) is 5.10 Å². The molecule has 1 atom stereocenters. The van der Waals surface area contributed by atoms with Crippen molar-refractivity contribution in [3.8, 4) is 5.75 Å². The Morgan fingerprint density at radius 1 is 1.09 bits per heavy atom. The number of hydrogen-bond donors (Lipinski definition) is 0. The van der Waals surface area contributed by atoms with E-state index < -0.39 is 6.10 Å². The molecule has 5 rings (SSSR count). The number of benzene rings is 2. The molecule has 0 bridgehead atoms. The molecule has 2 aromatic carbocycles. The van der Waals surface area contributed by atoms with Gasteiger partial charge in [0.2, 0.25) is 5.91 Å². The average molecular weight is 458 g/mol. The summed E-state index contributed by atoms with van der Waals surface area (Å²) in [6, 6.07) is 15.3. The number of likely N-dealkylation sites (N-methyl/N-ethyl adjacent to an activating group) is 1. The van der Waals surface area contributed by atoms with Gasteiger partial charge in [-0.05, 0) is 50.1 Å². The minimum atomic E-state index is -0.730. The third-order valence-corrected chi connectivity index (χ3v) is 6.40. The number of carbonyl (C=O) groups is 2. The van der Waals surface area contributed by atoms with Gasteiger partial charge in [-0.1, -0.05) is 24.3 Å². The number of hydrogen-bond acceptors (Lipinski definition) is 5. The highest BCUT2D eigenvalue weighted by atomic mass is 16.5. The lowest BCUT2D eigenvalue weighted by Gasteiger charge is -2.35. The van der Waals surface area contributed by atoms with Gasteiger partial charge < -0.3 is 14.5 Å². The van der Waals surface area contributed by atoms with E-state index in [1.54, 1.807) is 25.1 Å². The molecule has 0 saturated carbocycles. The van der Waals surface area contributed by atoms with E-state index in [0.717, 1.165) is 33.5 Å². The fourth-order valence-corrected chi connectivity index (χ4v) is 4.59. The summed E-state index contributed by atoms with van der Waals surface area (Å²) in [4.78, 5) is 34.0. The van der Waals surface area contributed by atoms with Crippen molar-refractivity contribution in [2.75, 3.05) is 25.5 Å². The predicted octanol–water partition coefficient (Wildman–Crippen LogP) is 3.31. The molecule has 3 heterocycles. The molecule has 0 saturated heterocycles. The maximum atomic E-state index is 13.4. The van der Waals surface area contributed by atoms with Crippen molar-refractivity contribution in [3.63, 3.8) is 0 Å². The lowest BCUT2D eigenvalue weighted by molar-refractivity contribution is -0.136. The molecule has 0 aliphatic carbocycles. The van der Waals surface area contributed by atoms with Crippen LogP contribution in [-0.2, 0) is 16.0 Å². The number of nitrogens with zero attached hydrogens (tertiary/aromatic N) is 5. The van der Waals surface area contributed by atoms with Crippen LogP contribution in [-0.4, -0.2) is 58.1 Å². The van der Waals surface area contributed by atoms with Gasteiger partial charge in [0.05, 0.1) is 17.7 Å². The maximum Gasteiger partial charge on any atom is 0.265 e. The van der Waals surface area contributed by atoms with Crippen LogP contribution in [0.2, 0.25) is 0 Å². The zero-order valence-electron chi connectivity index (χ0n) is 19.8. The van der Waals surface area contributed by atoms with Crippen LogP contribution in [0.5, 0.6) is 5.75 Å². The number of aryl methyl sites for hydroxylation is 2. The zero-order chi connectivity index (χ0) is 24.0. The minimum Gasteiger partial charge on any atom is -0.476 e. The number of fused-ring (bicyclic) bond motifs is 4. The Morgan fingerprint density at radius 2 is 1.82 bits per heavy atom. The van der Waals surface area contributed by atoms with E-state index in [1.165, 1.54) is 4.90 Å². The van der Waals surface area contributed by atoms with Crippen LogP contribution < -0.4 is 9.64 Å². The van der Waals surface area contributed by atoms with Gasteiger partial charge in [0.1, 0.15) is 5.75 Å². The van der Waals surface area contributed by atoms with Gasteiger partial charge in [0, 0.05) is 37.3 Å². The van der Waals surface area contributed by atoms with E-state index in [2.05, 4.69) is 0 Å². The Hall–Kier alpha value is -3.94. The summed E-state index contributed by atoms with van der Waals surface area (Å²) in [5.41, 5.74) is 5.30. The molecule has 8 nitrogen and oxygen atoms in total. The first-order valence-corrected chi connectivity index (χ1v) is 11.4. The van der Waals surface area contributed by atoms with E-state index in [-0.39, 0.29) is 24.8 Å². The van der Waals surface area contributed by atoms with Gasteiger partial charge in [-0.25, -0.2) is 9.50 Å². The van der Waals surface area contributed by atoms with E-state index in [1.807, 2.05) is 60.8 Å². The Labute approximate surface area is 197 Å². The molecule has 2 amide bonds. The number of ether oxygens (including phenoxy) is 1. The van der Waals surface area contributed by atoms with Crippen molar-refractivity contribution in [3.05, 3.63) is 65.5 Å². The number of para-hydroxylation sites is 2. The second-order valence-corrected chi connectivity index (χ2v) is 8.82. The Balaban J connectivity index is 1.42. The lowest BCUT2D eigenvalue weighted by Crippen LogP contribution is -2.50. The van der Waals surface area contributed by atoms with Crippen LogP contribution in [0.4, 0.5) is 5.69 Å². The number of rotatable bonds is 4. The Morgan fingerprint density at radius 3 is 2.62 bits per heavy atom. The molecule has 0 N–H and O–H groups in total. The summed E-state index contributed by atoms with van der Waals surface area (Å²) < 4.78 is 7.78. The SMILES string of the molecule is Cc1nc2c3ccccc3nn2c(C)c1CCC(=O)N1C[C@@H](C(=O)N(C)C)Oc2ccccc21. The second-order valence-electron chi connectivity index (χ2n) is 8.82. The van der Waals surface area contributed by atoms with Crippen molar-refractivity contribution in [1.29, 1.82) is 0 Å². The monoisotopic (exact) mass is 457 g/mol. The molecular formula is C26H27N5O3. The molecule has 0 spiro atoms. The van der Waals surface area contributed by atoms with Crippen LogP contribution in [0.15, 0.2) is 48.5 Å². The molecule has 2 aromatic heterocycles. The lowest BCUT2D eigenvalue weighted by atomic mass is 10.0. The van der Waals surface area contributed by atoms with Crippen LogP contribution >= 0.6 is 0 Å². The molecular weight excluding hydrogens is 430 g/mol. The van der Waals surface area contributed by atoms with Crippen molar-refractivity contribution < 1.29 is 14.3 Å². The molecule has 8 heteroatoms. The smallest absolute Gasteiger partial charge is 0.265 e. The zero-order valence-corrected chi connectivity index (χ0v) is 19.8. The van der Waals surface area contributed by atoms with Gasteiger partial charge in [0.25, 0.3) is 5.91 Å². The predicted molar refractivity (Wildman–Crippen MR) is 130 cm³/mol. The van der Waals surface area contributed by atoms with Crippen molar-refractivity contribution in [1.82, 2.24) is 19.5 Å². The molecule has 1 aliphatic rings.